The van der Waals surface area contributed by atoms with Gasteiger partial charge in [-0.2, -0.15) is 13.2 Å². The second-order valence-electron chi connectivity index (χ2n) is 3.23. The Morgan fingerprint density at radius 1 is 1.21 bits per heavy atom. The van der Waals surface area contributed by atoms with Crippen LogP contribution in [-0.2, 0) is 0 Å². The van der Waals surface area contributed by atoms with Gasteiger partial charge in [0.05, 0.1) is 6.61 Å². The van der Waals surface area contributed by atoms with Crippen molar-refractivity contribution < 1.29 is 18.3 Å². The van der Waals surface area contributed by atoms with Gasteiger partial charge in [0, 0.05) is 5.57 Å². The van der Waals surface area contributed by atoms with Crippen molar-refractivity contribution in [3.63, 3.8) is 0 Å². The Bertz CT molecular complexity index is 222. The summed E-state index contributed by atoms with van der Waals surface area (Å²) in [4.78, 5) is 0. The molecule has 0 fully saturated rings. The van der Waals surface area contributed by atoms with Crippen LogP contribution in [0, 0.1) is 0 Å². The second kappa shape index (κ2) is 5.86. The minimum absolute atomic E-state index is 0.0742. The molecule has 0 spiro atoms. The normalized spacial score (nSPS) is 12.9. The maximum atomic E-state index is 12.2. The summed E-state index contributed by atoms with van der Waals surface area (Å²) < 4.78 is 36.7. The van der Waals surface area contributed by atoms with Crippen molar-refractivity contribution in [2.45, 2.75) is 32.9 Å². The Morgan fingerprint density at radius 3 is 2.14 bits per heavy atom. The largest absolute Gasteiger partial charge is 0.412 e. The minimum atomic E-state index is -4.32. The minimum Gasteiger partial charge on any atom is -0.392 e. The number of alkyl halides is 3. The van der Waals surface area contributed by atoms with Crippen LogP contribution in [0.15, 0.2) is 23.3 Å². The van der Waals surface area contributed by atoms with E-state index in [1.165, 1.54) is 0 Å². The highest BCUT2D eigenvalue weighted by Crippen LogP contribution is 2.29. The predicted octanol–water partition coefficient (Wildman–Crippen LogP) is 3.21. The van der Waals surface area contributed by atoms with E-state index in [-0.39, 0.29) is 6.42 Å². The van der Waals surface area contributed by atoms with Gasteiger partial charge in [0.25, 0.3) is 0 Å². The van der Waals surface area contributed by atoms with Crippen LogP contribution in [0.4, 0.5) is 13.2 Å². The highest BCUT2D eigenvalue weighted by Gasteiger charge is 2.32. The van der Waals surface area contributed by atoms with Crippen molar-refractivity contribution in [3.05, 3.63) is 23.3 Å². The van der Waals surface area contributed by atoms with Crippen LogP contribution in [0.25, 0.3) is 0 Å². The summed E-state index contributed by atoms with van der Waals surface area (Å²) in [6, 6.07) is 0. The molecule has 1 nitrogen and oxygen atoms in total. The van der Waals surface area contributed by atoms with Crippen molar-refractivity contribution in [2.75, 3.05) is 6.61 Å². The van der Waals surface area contributed by atoms with Crippen molar-refractivity contribution in [1.29, 1.82) is 0 Å². The molecule has 0 saturated carbocycles. The Balaban J connectivity index is 4.27. The predicted molar refractivity (Wildman–Crippen MR) is 49.9 cm³/mol. The molecule has 0 aromatic carbocycles. The van der Waals surface area contributed by atoms with Gasteiger partial charge in [-0.25, -0.2) is 0 Å². The molecule has 0 radical (unpaired) electrons. The number of allylic oxidation sites excluding steroid dienone is 3. The molecule has 0 amide bonds. The fraction of sp³-hybridized carbons (Fsp3) is 0.600. The molecule has 0 atom stereocenters. The van der Waals surface area contributed by atoms with Gasteiger partial charge in [0.1, 0.15) is 0 Å². The van der Waals surface area contributed by atoms with Gasteiger partial charge >= 0.3 is 6.18 Å². The number of halogens is 3. The summed E-state index contributed by atoms with van der Waals surface area (Å²) in [5, 5.41) is 8.42. The molecule has 4 heteroatoms. The molecule has 0 bridgehead atoms. The highest BCUT2D eigenvalue weighted by atomic mass is 19.4. The number of aliphatic hydroxyl groups excluding tert-OH is 1. The Hall–Kier alpha value is -0.770. The van der Waals surface area contributed by atoms with E-state index < -0.39 is 18.4 Å². The topological polar surface area (TPSA) is 20.2 Å². The van der Waals surface area contributed by atoms with Crippen LogP contribution in [0.3, 0.4) is 0 Å². The average molecular weight is 208 g/mol. The molecule has 0 saturated heterocycles. The third-order valence-electron chi connectivity index (χ3n) is 1.67. The SMILES string of the molecule is CC(C)=CCC/C(=C\CO)C(F)(F)F. The molecular formula is C10H15F3O. The zero-order valence-electron chi connectivity index (χ0n) is 8.36. The van der Waals surface area contributed by atoms with Gasteiger partial charge in [-0.05, 0) is 26.7 Å². The summed E-state index contributed by atoms with van der Waals surface area (Å²) in [5.74, 6) is 0. The van der Waals surface area contributed by atoms with Crippen molar-refractivity contribution in [1.82, 2.24) is 0 Å². The average Bonchev–Trinajstić information content (AvgIpc) is 2.00. The molecule has 1 N–H and O–H groups in total. The van der Waals surface area contributed by atoms with Crippen LogP contribution in [-0.4, -0.2) is 17.9 Å². The van der Waals surface area contributed by atoms with E-state index in [0.29, 0.717) is 6.42 Å². The maximum absolute atomic E-state index is 12.2. The zero-order chi connectivity index (χ0) is 11.2. The monoisotopic (exact) mass is 208 g/mol. The van der Waals surface area contributed by atoms with E-state index in [2.05, 4.69) is 0 Å². The third-order valence-corrected chi connectivity index (χ3v) is 1.67. The van der Waals surface area contributed by atoms with E-state index in [1.807, 2.05) is 13.8 Å². The smallest absolute Gasteiger partial charge is 0.392 e. The van der Waals surface area contributed by atoms with Crippen LogP contribution in [0.1, 0.15) is 26.7 Å². The summed E-state index contributed by atoms with van der Waals surface area (Å²) in [6.07, 6.45) is -1.48. The summed E-state index contributed by atoms with van der Waals surface area (Å²) in [5.41, 5.74) is 0.341. The highest BCUT2D eigenvalue weighted by molar-refractivity contribution is 5.10. The number of hydrogen-bond donors (Lipinski definition) is 1. The molecule has 14 heavy (non-hydrogen) atoms. The van der Waals surface area contributed by atoms with E-state index in [1.54, 1.807) is 6.08 Å². The van der Waals surface area contributed by atoms with Crippen LogP contribution in [0.5, 0.6) is 0 Å². The van der Waals surface area contributed by atoms with E-state index in [0.717, 1.165) is 11.6 Å². The zero-order valence-corrected chi connectivity index (χ0v) is 8.36. The van der Waals surface area contributed by atoms with E-state index in [9.17, 15) is 13.2 Å². The Kier molecular flexibility index (Phi) is 5.53. The van der Waals surface area contributed by atoms with Gasteiger partial charge < -0.3 is 5.11 Å². The molecule has 0 aliphatic carbocycles. The van der Waals surface area contributed by atoms with Gasteiger partial charge in [0.2, 0.25) is 0 Å². The summed E-state index contributed by atoms with van der Waals surface area (Å²) in [7, 11) is 0. The van der Waals surface area contributed by atoms with Crippen LogP contribution in [0.2, 0.25) is 0 Å². The number of aliphatic hydroxyl groups is 1. The molecule has 0 aromatic rings. The first-order valence-corrected chi connectivity index (χ1v) is 4.38. The number of rotatable bonds is 4. The lowest BCUT2D eigenvalue weighted by molar-refractivity contribution is -0.0943. The van der Waals surface area contributed by atoms with Crippen molar-refractivity contribution in [2.24, 2.45) is 0 Å². The third kappa shape index (κ3) is 5.80. The second-order valence-corrected chi connectivity index (χ2v) is 3.23. The molecule has 0 aromatic heterocycles. The lowest BCUT2D eigenvalue weighted by Gasteiger charge is -2.10. The van der Waals surface area contributed by atoms with Gasteiger partial charge in [-0.15, -0.1) is 0 Å². The summed E-state index contributed by atoms with van der Waals surface area (Å²) in [6.45, 7) is 3.11. The standard InChI is InChI=1S/C10H15F3O/c1-8(2)4-3-5-9(6-7-14)10(11,12)13/h4,6,14H,3,5,7H2,1-2H3/b9-6+. The first-order chi connectivity index (χ1) is 6.38. The van der Waals surface area contributed by atoms with E-state index in [4.69, 9.17) is 5.11 Å². The number of hydrogen-bond acceptors (Lipinski definition) is 1. The maximum Gasteiger partial charge on any atom is 0.412 e. The van der Waals surface area contributed by atoms with Crippen LogP contribution < -0.4 is 0 Å². The Labute approximate surface area is 81.9 Å². The summed E-state index contributed by atoms with van der Waals surface area (Å²) >= 11 is 0. The lowest BCUT2D eigenvalue weighted by Crippen LogP contribution is -2.12. The van der Waals surface area contributed by atoms with Gasteiger partial charge in [-0.3, -0.25) is 0 Å². The van der Waals surface area contributed by atoms with Gasteiger partial charge in [-0.1, -0.05) is 17.7 Å². The van der Waals surface area contributed by atoms with Crippen LogP contribution >= 0.6 is 0 Å². The molecule has 0 aliphatic rings. The van der Waals surface area contributed by atoms with Crippen molar-refractivity contribution in [3.8, 4) is 0 Å². The van der Waals surface area contributed by atoms with E-state index >= 15 is 0 Å². The molecule has 0 rings (SSSR count). The molecule has 0 heterocycles. The Morgan fingerprint density at radius 2 is 1.79 bits per heavy atom. The molecular weight excluding hydrogens is 193 g/mol. The van der Waals surface area contributed by atoms with Crippen molar-refractivity contribution >= 4 is 0 Å². The molecule has 82 valence electrons. The lowest BCUT2D eigenvalue weighted by atomic mass is 10.1. The first-order valence-electron chi connectivity index (χ1n) is 4.38. The molecule has 0 unspecified atom stereocenters. The van der Waals surface area contributed by atoms with Gasteiger partial charge in [0.15, 0.2) is 0 Å². The quantitative estimate of drug-likeness (QED) is 0.703. The fourth-order valence-electron chi connectivity index (χ4n) is 0.986. The molecule has 0 aliphatic heterocycles. The first kappa shape index (κ1) is 13.2. The fourth-order valence-corrected chi connectivity index (χ4v) is 0.986.